The Morgan fingerprint density at radius 2 is 1.21 bits per heavy atom. The second-order valence-electron chi connectivity index (χ2n) is 8.45. The second kappa shape index (κ2) is 10.3. The molecule has 1 fully saturated rings. The van der Waals surface area contributed by atoms with Crippen molar-refractivity contribution in [2.75, 3.05) is 13.2 Å². The molecule has 1 saturated carbocycles. The normalized spacial score (nSPS) is 18.2. The van der Waals surface area contributed by atoms with Gasteiger partial charge in [0, 0.05) is 11.6 Å². The summed E-state index contributed by atoms with van der Waals surface area (Å²) < 4.78 is 55.4. The molecule has 0 saturated heterocycles. The van der Waals surface area contributed by atoms with Gasteiger partial charge in [-0.15, -0.1) is 0 Å². The predicted octanol–water partition coefficient (Wildman–Crippen LogP) is 8.01. The molecule has 0 amide bonds. The third kappa shape index (κ3) is 5.02. The van der Waals surface area contributed by atoms with Crippen LogP contribution in [0.4, 0.5) is 13.2 Å². The Bertz CT molecular complexity index is 1090. The number of rotatable bonds is 7. The first-order valence-corrected chi connectivity index (χ1v) is 11.6. The molecule has 0 N–H and O–H groups in total. The molecule has 5 heteroatoms. The van der Waals surface area contributed by atoms with Crippen LogP contribution < -0.4 is 9.47 Å². The number of hydrogen-bond donors (Lipinski definition) is 0. The molecule has 0 aromatic heterocycles. The highest BCUT2D eigenvalue weighted by Crippen LogP contribution is 2.43. The first-order chi connectivity index (χ1) is 16.0. The smallest absolute Gasteiger partial charge is 0.166 e. The van der Waals surface area contributed by atoms with Crippen molar-refractivity contribution < 1.29 is 22.6 Å². The second-order valence-corrected chi connectivity index (χ2v) is 8.45. The molecule has 0 atom stereocenters. The zero-order chi connectivity index (χ0) is 23.4. The summed E-state index contributed by atoms with van der Waals surface area (Å²) in [4.78, 5) is 0. The average molecular weight is 455 g/mol. The van der Waals surface area contributed by atoms with Gasteiger partial charge in [0.05, 0.1) is 13.2 Å². The van der Waals surface area contributed by atoms with Crippen molar-refractivity contribution in [3.05, 3.63) is 83.2 Å². The van der Waals surface area contributed by atoms with E-state index in [4.69, 9.17) is 9.47 Å². The highest BCUT2D eigenvalue weighted by atomic mass is 19.2. The van der Waals surface area contributed by atoms with E-state index in [9.17, 15) is 8.78 Å². The van der Waals surface area contributed by atoms with Gasteiger partial charge in [0.25, 0.3) is 0 Å². The summed E-state index contributed by atoms with van der Waals surface area (Å²) in [5, 5.41) is 0. The molecule has 1 aliphatic carbocycles. The van der Waals surface area contributed by atoms with Gasteiger partial charge in [-0.2, -0.15) is 0 Å². The van der Waals surface area contributed by atoms with E-state index < -0.39 is 11.6 Å². The van der Waals surface area contributed by atoms with Crippen molar-refractivity contribution in [2.45, 2.75) is 51.4 Å². The van der Waals surface area contributed by atoms with Gasteiger partial charge in [0.1, 0.15) is 17.3 Å². The van der Waals surface area contributed by atoms with Crippen LogP contribution in [0.3, 0.4) is 0 Å². The van der Waals surface area contributed by atoms with E-state index in [1.165, 1.54) is 6.07 Å². The Balaban J connectivity index is 1.47. The summed E-state index contributed by atoms with van der Waals surface area (Å²) in [6, 6.07) is 15.3. The Hall–Kier alpha value is -2.95. The lowest BCUT2D eigenvalue weighted by molar-refractivity contribution is 0.336. The van der Waals surface area contributed by atoms with Gasteiger partial charge in [-0.25, -0.2) is 13.2 Å². The monoisotopic (exact) mass is 454 g/mol. The minimum Gasteiger partial charge on any atom is -0.494 e. The fourth-order valence-electron chi connectivity index (χ4n) is 4.81. The van der Waals surface area contributed by atoms with Crippen molar-refractivity contribution >= 4 is 0 Å². The Kier molecular flexibility index (Phi) is 7.26. The zero-order valence-corrected chi connectivity index (χ0v) is 19.0. The molecule has 174 valence electrons. The summed E-state index contributed by atoms with van der Waals surface area (Å²) in [5.41, 5.74) is 1.93. The predicted molar refractivity (Wildman–Crippen MR) is 124 cm³/mol. The standard InChI is InChI=1S/C28H29F3O2/c1-3-32-21-11-9-20(10-12-21)25-16-15-24(27(30)28(25)31)19-7-5-18(6-8-19)23-14-13-22(33-4-2)17-26(23)29/h9-19H,3-8H2,1-2H3. The number of ether oxygens (including phenoxy) is 2. The van der Waals surface area contributed by atoms with Gasteiger partial charge in [-0.05, 0) is 86.3 Å². The number of benzene rings is 3. The first-order valence-electron chi connectivity index (χ1n) is 11.6. The van der Waals surface area contributed by atoms with Gasteiger partial charge in [0.2, 0.25) is 0 Å². The molecule has 3 aromatic rings. The molecule has 0 aliphatic heterocycles. The van der Waals surface area contributed by atoms with E-state index >= 15 is 4.39 Å². The van der Waals surface area contributed by atoms with Crippen LogP contribution in [0.5, 0.6) is 11.5 Å². The Labute approximate surface area is 193 Å². The third-order valence-electron chi connectivity index (χ3n) is 6.48. The maximum absolute atomic E-state index is 15.1. The minimum atomic E-state index is -0.823. The zero-order valence-electron chi connectivity index (χ0n) is 19.0. The molecule has 3 aromatic carbocycles. The van der Waals surface area contributed by atoms with Gasteiger partial charge >= 0.3 is 0 Å². The number of halogens is 3. The SMILES string of the molecule is CCOc1ccc(-c2ccc(C3CCC(c4ccc(OCC)cc4F)CC3)c(F)c2F)cc1. The number of hydrogen-bond acceptors (Lipinski definition) is 2. The van der Waals surface area contributed by atoms with E-state index in [1.54, 1.807) is 48.5 Å². The van der Waals surface area contributed by atoms with Gasteiger partial charge in [-0.3, -0.25) is 0 Å². The molecule has 4 rings (SSSR count). The van der Waals surface area contributed by atoms with Gasteiger partial charge in [-0.1, -0.05) is 30.3 Å². The van der Waals surface area contributed by atoms with Crippen LogP contribution in [0.15, 0.2) is 54.6 Å². The van der Waals surface area contributed by atoms with Gasteiger partial charge < -0.3 is 9.47 Å². The van der Waals surface area contributed by atoms with Crippen molar-refractivity contribution in [1.29, 1.82) is 0 Å². The van der Waals surface area contributed by atoms with Crippen LogP contribution in [0.2, 0.25) is 0 Å². The molecule has 0 spiro atoms. The van der Waals surface area contributed by atoms with Crippen LogP contribution >= 0.6 is 0 Å². The summed E-state index contributed by atoms with van der Waals surface area (Å²) >= 11 is 0. The largest absolute Gasteiger partial charge is 0.494 e. The van der Waals surface area contributed by atoms with Crippen LogP contribution in [-0.2, 0) is 0 Å². The quantitative estimate of drug-likeness (QED) is 0.360. The lowest BCUT2D eigenvalue weighted by atomic mass is 9.75. The van der Waals surface area contributed by atoms with Crippen molar-refractivity contribution in [3.63, 3.8) is 0 Å². The topological polar surface area (TPSA) is 18.5 Å². The van der Waals surface area contributed by atoms with Crippen LogP contribution in [0.1, 0.15) is 62.5 Å². The van der Waals surface area contributed by atoms with Crippen molar-refractivity contribution in [3.8, 4) is 22.6 Å². The highest BCUT2D eigenvalue weighted by Gasteiger charge is 2.28. The molecule has 0 radical (unpaired) electrons. The lowest BCUT2D eigenvalue weighted by Gasteiger charge is -2.30. The van der Waals surface area contributed by atoms with Crippen LogP contribution in [0.25, 0.3) is 11.1 Å². The fourth-order valence-corrected chi connectivity index (χ4v) is 4.81. The molecule has 1 aliphatic rings. The summed E-state index contributed by atoms with van der Waals surface area (Å²) in [6.07, 6.45) is 2.85. The van der Waals surface area contributed by atoms with Crippen molar-refractivity contribution in [1.82, 2.24) is 0 Å². The van der Waals surface area contributed by atoms with E-state index in [0.29, 0.717) is 54.2 Å². The molecular weight excluding hydrogens is 425 g/mol. The molecule has 0 unspecified atom stereocenters. The van der Waals surface area contributed by atoms with E-state index in [-0.39, 0.29) is 23.2 Å². The Morgan fingerprint density at radius 3 is 1.82 bits per heavy atom. The average Bonchev–Trinajstić information content (AvgIpc) is 2.82. The van der Waals surface area contributed by atoms with E-state index in [1.807, 2.05) is 13.8 Å². The highest BCUT2D eigenvalue weighted by molar-refractivity contribution is 5.65. The summed E-state index contributed by atoms with van der Waals surface area (Å²) in [7, 11) is 0. The lowest BCUT2D eigenvalue weighted by Crippen LogP contribution is -2.15. The molecule has 0 heterocycles. The summed E-state index contributed by atoms with van der Waals surface area (Å²) in [5.74, 6) is -0.643. The maximum atomic E-state index is 15.1. The minimum absolute atomic E-state index is 0.0733. The summed E-state index contributed by atoms with van der Waals surface area (Å²) in [6.45, 7) is 4.79. The molecule has 2 nitrogen and oxygen atoms in total. The van der Waals surface area contributed by atoms with E-state index in [2.05, 4.69) is 0 Å². The Morgan fingerprint density at radius 1 is 0.667 bits per heavy atom. The maximum Gasteiger partial charge on any atom is 0.166 e. The van der Waals surface area contributed by atoms with Gasteiger partial charge in [0.15, 0.2) is 11.6 Å². The third-order valence-corrected chi connectivity index (χ3v) is 6.48. The fraction of sp³-hybridized carbons (Fsp3) is 0.357. The van der Waals surface area contributed by atoms with Crippen molar-refractivity contribution in [2.24, 2.45) is 0 Å². The first kappa shape index (κ1) is 23.2. The van der Waals surface area contributed by atoms with Crippen LogP contribution in [0, 0.1) is 17.5 Å². The molecule has 33 heavy (non-hydrogen) atoms. The molecule has 0 bridgehead atoms. The molecular formula is C28H29F3O2. The van der Waals surface area contributed by atoms with Crippen LogP contribution in [-0.4, -0.2) is 13.2 Å². The van der Waals surface area contributed by atoms with E-state index in [0.717, 1.165) is 12.8 Å².